The summed E-state index contributed by atoms with van der Waals surface area (Å²) < 4.78 is 30.9. The topological polar surface area (TPSA) is 147 Å². The van der Waals surface area contributed by atoms with E-state index in [1.165, 1.54) is 25.4 Å². The Kier molecular flexibility index (Phi) is 10.2. The predicted molar refractivity (Wildman–Crippen MR) is 158 cm³/mol. The van der Waals surface area contributed by atoms with Gasteiger partial charge in [0.1, 0.15) is 0 Å². The summed E-state index contributed by atoms with van der Waals surface area (Å²) in [5, 5.41) is 12.1. The second kappa shape index (κ2) is 14.0. The highest BCUT2D eigenvalue weighted by atomic mass is 19.2. The van der Waals surface area contributed by atoms with Crippen LogP contribution in [0.5, 0.6) is 0 Å². The minimum Gasteiger partial charge on any atom is -0.386 e. The Balaban J connectivity index is 1.45. The standard InChI is InChI=1S/C29H37F2N9O/c1-3-18-15-20(6-7-21(18)29(41)37-12-11-35-16-19(33)5-4-10-32)39-27-28-38-17-24(40(28)14-13-36-27)22-8-9-23(34-2)26(31)25(22)30/h6-9,13-15,17,19,34-35H,3-5,10-12,16,32-33H2,1-2H3,(H,36,39)(H,37,41). The smallest absolute Gasteiger partial charge is 0.251 e. The van der Waals surface area contributed by atoms with E-state index in [1.54, 1.807) is 28.9 Å². The van der Waals surface area contributed by atoms with Crippen LogP contribution in [0.4, 0.5) is 26.0 Å². The summed E-state index contributed by atoms with van der Waals surface area (Å²) in [5.41, 5.74) is 14.7. The highest BCUT2D eigenvalue weighted by molar-refractivity contribution is 5.96. The molecule has 0 spiro atoms. The molecule has 0 aliphatic heterocycles. The van der Waals surface area contributed by atoms with Gasteiger partial charge >= 0.3 is 0 Å². The number of imidazole rings is 1. The molecule has 4 aromatic rings. The van der Waals surface area contributed by atoms with E-state index in [2.05, 4.69) is 31.2 Å². The summed E-state index contributed by atoms with van der Waals surface area (Å²) in [6.45, 7) is 4.37. The molecule has 218 valence electrons. The summed E-state index contributed by atoms with van der Waals surface area (Å²) in [6.07, 6.45) is 7.08. The van der Waals surface area contributed by atoms with Crippen LogP contribution in [0.3, 0.4) is 0 Å². The molecule has 12 heteroatoms. The summed E-state index contributed by atoms with van der Waals surface area (Å²) in [6, 6.07) is 8.49. The van der Waals surface area contributed by atoms with Crippen LogP contribution < -0.4 is 32.7 Å². The molecule has 1 atom stereocenters. The molecule has 0 aliphatic rings. The molecule has 4 rings (SSSR count). The van der Waals surface area contributed by atoms with Gasteiger partial charge in [0, 0.05) is 61.9 Å². The number of hydrogen-bond acceptors (Lipinski definition) is 8. The van der Waals surface area contributed by atoms with Crippen LogP contribution in [0.1, 0.15) is 35.7 Å². The average molecular weight is 566 g/mol. The zero-order valence-electron chi connectivity index (χ0n) is 23.3. The molecule has 41 heavy (non-hydrogen) atoms. The number of nitrogens with zero attached hydrogens (tertiary/aromatic N) is 3. The number of rotatable bonds is 14. The number of fused-ring (bicyclic) bond motifs is 1. The number of nitrogens with two attached hydrogens (primary N) is 2. The SMILES string of the molecule is CCc1cc(Nc2nccn3c(-c4ccc(NC)c(F)c4F)cnc23)ccc1C(=O)NCCNCC(N)CCCN. The molecule has 1 amide bonds. The Labute approximate surface area is 237 Å². The van der Waals surface area contributed by atoms with Gasteiger partial charge in [-0.25, -0.2) is 18.7 Å². The van der Waals surface area contributed by atoms with Crippen molar-refractivity contribution in [2.24, 2.45) is 11.5 Å². The fourth-order valence-corrected chi connectivity index (χ4v) is 4.60. The van der Waals surface area contributed by atoms with Gasteiger partial charge in [-0.15, -0.1) is 0 Å². The van der Waals surface area contributed by atoms with Crippen molar-refractivity contribution < 1.29 is 13.6 Å². The van der Waals surface area contributed by atoms with E-state index in [4.69, 9.17) is 11.5 Å². The first kappa shape index (κ1) is 29.8. The van der Waals surface area contributed by atoms with E-state index < -0.39 is 11.6 Å². The number of hydrogen-bond donors (Lipinski definition) is 6. The second-order valence-electron chi connectivity index (χ2n) is 9.65. The number of amides is 1. The predicted octanol–water partition coefficient (Wildman–Crippen LogP) is 3.41. The third-order valence-electron chi connectivity index (χ3n) is 6.82. The first-order valence-electron chi connectivity index (χ1n) is 13.7. The number of carbonyl (C=O) groups excluding carboxylic acids is 1. The highest BCUT2D eigenvalue weighted by Gasteiger charge is 2.19. The zero-order chi connectivity index (χ0) is 29.4. The third-order valence-corrected chi connectivity index (χ3v) is 6.82. The summed E-state index contributed by atoms with van der Waals surface area (Å²) in [5.74, 6) is -1.64. The number of aryl methyl sites for hydroxylation is 1. The van der Waals surface area contributed by atoms with E-state index in [9.17, 15) is 13.6 Å². The van der Waals surface area contributed by atoms with Gasteiger partial charge in [0.05, 0.1) is 17.6 Å². The van der Waals surface area contributed by atoms with Crippen molar-refractivity contribution in [3.63, 3.8) is 0 Å². The van der Waals surface area contributed by atoms with Gasteiger partial charge in [-0.2, -0.15) is 0 Å². The lowest BCUT2D eigenvalue weighted by atomic mass is 10.0. The fraction of sp³-hybridized carbons (Fsp3) is 0.345. The Bertz CT molecular complexity index is 1490. The molecule has 0 saturated heterocycles. The van der Waals surface area contributed by atoms with Gasteiger partial charge in [0.2, 0.25) is 0 Å². The number of aromatic nitrogens is 3. The van der Waals surface area contributed by atoms with E-state index in [0.717, 1.165) is 18.4 Å². The maximum atomic E-state index is 14.8. The van der Waals surface area contributed by atoms with Crippen LogP contribution in [0.25, 0.3) is 16.9 Å². The van der Waals surface area contributed by atoms with Crippen molar-refractivity contribution in [2.45, 2.75) is 32.2 Å². The quantitative estimate of drug-likeness (QED) is 0.128. The Hall–Kier alpha value is -4.13. The van der Waals surface area contributed by atoms with Gasteiger partial charge in [-0.05, 0) is 61.7 Å². The lowest BCUT2D eigenvalue weighted by molar-refractivity contribution is 0.0953. The Morgan fingerprint density at radius 2 is 1.95 bits per heavy atom. The maximum Gasteiger partial charge on any atom is 0.251 e. The monoisotopic (exact) mass is 565 g/mol. The Morgan fingerprint density at radius 1 is 1.12 bits per heavy atom. The average Bonchev–Trinajstić information content (AvgIpc) is 3.42. The molecule has 2 aromatic heterocycles. The first-order chi connectivity index (χ1) is 19.9. The lowest BCUT2D eigenvalue weighted by Crippen LogP contribution is -2.38. The number of halogens is 2. The molecular formula is C29H37F2N9O. The zero-order valence-corrected chi connectivity index (χ0v) is 23.3. The molecule has 0 bridgehead atoms. The van der Waals surface area contributed by atoms with E-state index in [1.807, 2.05) is 13.0 Å². The van der Waals surface area contributed by atoms with Crippen molar-refractivity contribution in [1.82, 2.24) is 25.0 Å². The van der Waals surface area contributed by atoms with E-state index in [-0.39, 0.29) is 23.2 Å². The second-order valence-corrected chi connectivity index (χ2v) is 9.65. The molecule has 0 saturated carbocycles. The molecule has 0 fully saturated rings. The van der Waals surface area contributed by atoms with E-state index in [0.29, 0.717) is 61.0 Å². The third kappa shape index (κ3) is 6.96. The summed E-state index contributed by atoms with van der Waals surface area (Å²) >= 11 is 0. The van der Waals surface area contributed by atoms with Crippen molar-refractivity contribution in [2.75, 3.05) is 43.9 Å². The molecule has 0 aliphatic carbocycles. The van der Waals surface area contributed by atoms with Crippen LogP contribution in [0, 0.1) is 11.6 Å². The van der Waals surface area contributed by atoms with Crippen molar-refractivity contribution >= 4 is 28.7 Å². The molecule has 0 radical (unpaired) electrons. The number of nitrogens with one attached hydrogen (secondary N) is 4. The van der Waals surface area contributed by atoms with Crippen molar-refractivity contribution in [3.05, 3.63) is 71.7 Å². The number of anilines is 3. The normalized spacial score (nSPS) is 12.0. The highest BCUT2D eigenvalue weighted by Crippen LogP contribution is 2.31. The molecule has 10 nitrogen and oxygen atoms in total. The minimum atomic E-state index is -0.965. The summed E-state index contributed by atoms with van der Waals surface area (Å²) in [4.78, 5) is 21.7. The molecule has 2 aromatic carbocycles. The number of benzene rings is 2. The molecule has 1 unspecified atom stereocenters. The van der Waals surface area contributed by atoms with Crippen LogP contribution >= 0.6 is 0 Å². The van der Waals surface area contributed by atoms with Crippen LogP contribution in [0.15, 0.2) is 48.9 Å². The Morgan fingerprint density at radius 3 is 2.71 bits per heavy atom. The lowest BCUT2D eigenvalue weighted by Gasteiger charge is -2.14. The van der Waals surface area contributed by atoms with Crippen molar-refractivity contribution in [3.8, 4) is 11.3 Å². The minimum absolute atomic E-state index is 0.0453. The summed E-state index contributed by atoms with van der Waals surface area (Å²) in [7, 11) is 1.53. The van der Waals surface area contributed by atoms with E-state index >= 15 is 0 Å². The van der Waals surface area contributed by atoms with Gasteiger partial charge in [0.25, 0.3) is 5.91 Å². The van der Waals surface area contributed by atoms with Gasteiger partial charge in [-0.1, -0.05) is 6.92 Å². The molecule has 2 heterocycles. The van der Waals surface area contributed by atoms with Gasteiger partial charge < -0.3 is 32.7 Å². The van der Waals surface area contributed by atoms with Crippen molar-refractivity contribution in [1.29, 1.82) is 0 Å². The maximum absolute atomic E-state index is 14.8. The largest absolute Gasteiger partial charge is 0.386 e. The van der Waals surface area contributed by atoms with Crippen LogP contribution in [-0.4, -0.2) is 59.5 Å². The first-order valence-corrected chi connectivity index (χ1v) is 13.7. The molecular weight excluding hydrogens is 528 g/mol. The van der Waals surface area contributed by atoms with Gasteiger partial charge in [-0.3, -0.25) is 9.20 Å². The molecule has 8 N–H and O–H groups in total. The number of carbonyl (C=O) groups is 1. The van der Waals surface area contributed by atoms with Crippen LogP contribution in [-0.2, 0) is 6.42 Å². The van der Waals surface area contributed by atoms with Crippen LogP contribution in [0.2, 0.25) is 0 Å². The fourth-order valence-electron chi connectivity index (χ4n) is 4.60. The van der Waals surface area contributed by atoms with Gasteiger partial charge in [0.15, 0.2) is 23.1 Å².